The van der Waals surface area contributed by atoms with E-state index in [1.807, 2.05) is 31.1 Å². The first-order valence-corrected chi connectivity index (χ1v) is 11.9. The predicted octanol–water partition coefficient (Wildman–Crippen LogP) is 1.55. The van der Waals surface area contributed by atoms with Crippen LogP contribution in [0.1, 0.15) is 29.5 Å². The Morgan fingerprint density at radius 1 is 1.19 bits per heavy atom. The van der Waals surface area contributed by atoms with E-state index in [9.17, 15) is 34.8 Å². The van der Waals surface area contributed by atoms with E-state index in [0.29, 0.717) is 28.9 Å². The lowest BCUT2D eigenvalue weighted by atomic mass is 9.59. The number of nitrogens with zero attached hydrogens (tertiary/aromatic N) is 2. The van der Waals surface area contributed by atoms with Crippen LogP contribution in [0.25, 0.3) is 17.0 Å². The number of hydrogen-bond acceptors (Lipinski definition) is 9. The normalized spacial score (nSPS) is 25.2. The molecule has 1 heterocycles. The number of carbonyl (C=O) groups is 3. The van der Waals surface area contributed by atoms with Gasteiger partial charge in [0.1, 0.15) is 22.8 Å². The number of Topliss-reactive ketones (excluding diaryl/α,β-unsaturated/α-hetero) is 2. The number of ketones is 2. The molecule has 3 atom stereocenters. The highest BCUT2D eigenvalue weighted by molar-refractivity contribution is 6.22. The molecule has 192 valence electrons. The summed E-state index contributed by atoms with van der Waals surface area (Å²) in [6, 6.07) is 7.21. The van der Waals surface area contributed by atoms with E-state index >= 15 is 0 Å². The molecule has 37 heavy (non-hydrogen) atoms. The molecule has 10 nitrogen and oxygen atoms in total. The number of nitrogens with two attached hydrogens (primary N) is 1. The van der Waals surface area contributed by atoms with E-state index in [2.05, 4.69) is 4.98 Å². The molecular weight excluding hydrogens is 478 g/mol. The Morgan fingerprint density at radius 3 is 2.54 bits per heavy atom. The summed E-state index contributed by atoms with van der Waals surface area (Å²) in [5, 5.41) is 44.8. The van der Waals surface area contributed by atoms with Crippen molar-refractivity contribution in [1.29, 1.82) is 0 Å². The first-order valence-electron chi connectivity index (χ1n) is 11.9. The third kappa shape index (κ3) is 3.55. The minimum atomic E-state index is -2.59. The van der Waals surface area contributed by atoms with Gasteiger partial charge in [0, 0.05) is 41.8 Å². The van der Waals surface area contributed by atoms with Crippen LogP contribution in [0.3, 0.4) is 0 Å². The smallest absolute Gasteiger partial charge is 0.255 e. The van der Waals surface area contributed by atoms with E-state index in [1.54, 1.807) is 18.3 Å². The molecule has 10 heteroatoms. The number of primary amides is 1. The van der Waals surface area contributed by atoms with Gasteiger partial charge in [-0.15, -0.1) is 0 Å². The fourth-order valence-electron chi connectivity index (χ4n) is 5.96. The zero-order valence-corrected chi connectivity index (χ0v) is 20.4. The number of fused-ring (bicyclic) bond motifs is 3. The SMILES string of the molecule is CN(C)Cc1cc(-c2ccccn2)c2c(c1O)C(O)=C1C(=O)C3(O)C(O)=C(C(N)=O)C(=O)CC3CC1C2. The minimum absolute atomic E-state index is 0.0622. The summed E-state index contributed by atoms with van der Waals surface area (Å²) >= 11 is 0. The highest BCUT2D eigenvalue weighted by Crippen LogP contribution is 2.53. The summed E-state index contributed by atoms with van der Waals surface area (Å²) in [4.78, 5) is 44.3. The van der Waals surface area contributed by atoms with E-state index in [-0.39, 0.29) is 36.1 Å². The fourth-order valence-corrected chi connectivity index (χ4v) is 5.96. The number of carbonyl (C=O) groups excluding carboxylic acids is 3. The Labute approximate surface area is 212 Å². The highest BCUT2D eigenvalue weighted by Gasteiger charge is 2.60. The average Bonchev–Trinajstić information content (AvgIpc) is 2.83. The van der Waals surface area contributed by atoms with Crippen LogP contribution in [-0.2, 0) is 27.3 Å². The quantitative estimate of drug-likeness (QED) is 0.386. The number of rotatable bonds is 4. The van der Waals surface area contributed by atoms with Gasteiger partial charge in [-0.3, -0.25) is 19.4 Å². The molecule has 1 saturated carbocycles. The molecule has 0 radical (unpaired) electrons. The molecule has 3 aliphatic carbocycles. The van der Waals surface area contributed by atoms with Crippen molar-refractivity contribution in [2.24, 2.45) is 17.6 Å². The Morgan fingerprint density at radius 2 is 1.92 bits per heavy atom. The van der Waals surface area contributed by atoms with Gasteiger partial charge in [-0.1, -0.05) is 6.07 Å². The molecule has 0 bridgehead atoms. The van der Waals surface area contributed by atoms with Crippen LogP contribution >= 0.6 is 0 Å². The number of phenolic OH excluding ortho intramolecular Hbond substituents is 1. The summed E-state index contributed by atoms with van der Waals surface area (Å²) in [6.45, 7) is 0.332. The van der Waals surface area contributed by atoms with Crippen LogP contribution in [0.15, 0.2) is 47.4 Å². The summed E-state index contributed by atoms with van der Waals surface area (Å²) in [5.74, 6) is -6.44. The van der Waals surface area contributed by atoms with Crippen LogP contribution in [-0.4, -0.2) is 67.5 Å². The second-order valence-electron chi connectivity index (χ2n) is 10.1. The van der Waals surface area contributed by atoms with Crippen molar-refractivity contribution in [2.45, 2.75) is 31.4 Å². The van der Waals surface area contributed by atoms with Crippen LogP contribution in [0.2, 0.25) is 0 Å². The third-order valence-electron chi connectivity index (χ3n) is 7.57. The van der Waals surface area contributed by atoms with Gasteiger partial charge in [0.05, 0.1) is 11.3 Å². The maximum atomic E-state index is 13.7. The first kappa shape index (κ1) is 24.7. The molecule has 0 aliphatic heterocycles. The van der Waals surface area contributed by atoms with Gasteiger partial charge in [0.2, 0.25) is 5.78 Å². The number of aromatic hydroxyl groups is 1. The second-order valence-corrected chi connectivity index (χ2v) is 10.1. The minimum Gasteiger partial charge on any atom is -0.508 e. The van der Waals surface area contributed by atoms with Crippen molar-refractivity contribution in [3.05, 3.63) is 64.1 Å². The molecule has 1 amide bonds. The van der Waals surface area contributed by atoms with Gasteiger partial charge in [0.15, 0.2) is 11.4 Å². The van der Waals surface area contributed by atoms with Gasteiger partial charge in [0.25, 0.3) is 5.91 Å². The molecule has 3 aliphatic rings. The lowest BCUT2D eigenvalue weighted by molar-refractivity contribution is -0.147. The summed E-state index contributed by atoms with van der Waals surface area (Å²) in [5.41, 5.74) is 4.12. The molecule has 2 aromatic rings. The van der Waals surface area contributed by atoms with Gasteiger partial charge in [-0.2, -0.15) is 0 Å². The van der Waals surface area contributed by atoms with E-state index < -0.39 is 52.0 Å². The molecule has 1 aromatic heterocycles. The van der Waals surface area contributed by atoms with Gasteiger partial charge in [-0.25, -0.2) is 0 Å². The van der Waals surface area contributed by atoms with Crippen molar-refractivity contribution in [1.82, 2.24) is 9.88 Å². The molecular formula is C27H27N3O7. The molecule has 3 unspecified atom stereocenters. The number of benzene rings is 1. The largest absolute Gasteiger partial charge is 0.508 e. The summed E-state index contributed by atoms with van der Waals surface area (Å²) < 4.78 is 0. The number of phenols is 1. The zero-order valence-electron chi connectivity index (χ0n) is 20.4. The van der Waals surface area contributed by atoms with E-state index in [4.69, 9.17) is 5.73 Å². The highest BCUT2D eigenvalue weighted by atomic mass is 16.3. The first-order chi connectivity index (χ1) is 17.5. The standard InChI is InChI=1S/C27H27N3O7/c1-30(2)11-13-9-15(17-5-3-4-6-29-17)16-8-12-7-14-10-18(31)21(26(28)36)25(35)27(14,37)24(34)19(12)23(33)20(16)22(13)32/h3-6,9,12,14,32-33,35,37H,7-8,10-11H2,1-2H3,(H2,28,36). The third-order valence-corrected chi connectivity index (χ3v) is 7.57. The molecule has 0 spiro atoms. The summed E-state index contributed by atoms with van der Waals surface area (Å²) in [6.07, 6.45) is 1.57. The molecule has 1 fully saturated rings. The number of hydrogen-bond donors (Lipinski definition) is 5. The number of aliphatic hydroxyl groups is 3. The molecule has 1 aromatic carbocycles. The van der Waals surface area contributed by atoms with Crippen LogP contribution in [0.4, 0.5) is 0 Å². The van der Waals surface area contributed by atoms with E-state index in [0.717, 1.165) is 0 Å². The Kier molecular flexibility index (Phi) is 5.69. The number of aliphatic hydroxyl groups excluding tert-OH is 2. The Hall–Kier alpha value is -4.02. The number of pyridine rings is 1. The zero-order chi connectivity index (χ0) is 26.8. The summed E-state index contributed by atoms with van der Waals surface area (Å²) in [7, 11) is 3.65. The van der Waals surface area contributed by atoms with Gasteiger partial charge >= 0.3 is 0 Å². The predicted molar refractivity (Wildman–Crippen MR) is 132 cm³/mol. The second kappa shape index (κ2) is 8.53. The van der Waals surface area contributed by atoms with Crippen molar-refractivity contribution < 1.29 is 34.8 Å². The topological polar surface area (TPSA) is 174 Å². The number of amides is 1. The Balaban J connectivity index is 1.75. The van der Waals surface area contributed by atoms with Crippen molar-refractivity contribution >= 4 is 23.2 Å². The maximum absolute atomic E-state index is 13.7. The van der Waals surface area contributed by atoms with E-state index in [1.165, 1.54) is 0 Å². The van der Waals surface area contributed by atoms with Crippen LogP contribution in [0.5, 0.6) is 5.75 Å². The van der Waals surface area contributed by atoms with Crippen molar-refractivity contribution in [3.63, 3.8) is 0 Å². The molecule has 0 saturated heterocycles. The van der Waals surface area contributed by atoms with Gasteiger partial charge in [-0.05, 0) is 56.6 Å². The lowest BCUT2D eigenvalue weighted by Gasteiger charge is -2.46. The monoisotopic (exact) mass is 505 g/mol. The van der Waals surface area contributed by atoms with Crippen molar-refractivity contribution in [3.8, 4) is 17.0 Å². The van der Waals surface area contributed by atoms with Crippen LogP contribution in [0, 0.1) is 11.8 Å². The molecule has 6 N–H and O–H groups in total. The van der Waals surface area contributed by atoms with Crippen LogP contribution < -0.4 is 5.73 Å². The Bertz CT molecular complexity index is 1430. The average molecular weight is 506 g/mol. The van der Waals surface area contributed by atoms with Gasteiger partial charge < -0.3 is 31.1 Å². The maximum Gasteiger partial charge on any atom is 0.255 e. The lowest BCUT2D eigenvalue weighted by Crippen LogP contribution is -2.58. The van der Waals surface area contributed by atoms with Crippen molar-refractivity contribution in [2.75, 3.05) is 14.1 Å². The number of aromatic nitrogens is 1. The fraction of sp³-hybridized carbons (Fsp3) is 0.333. The molecule has 5 rings (SSSR count).